The van der Waals surface area contributed by atoms with Gasteiger partial charge in [0, 0.05) is 17.1 Å². The van der Waals surface area contributed by atoms with Gasteiger partial charge < -0.3 is 5.32 Å². The van der Waals surface area contributed by atoms with Crippen LogP contribution < -0.4 is 5.32 Å². The molecule has 0 aromatic heterocycles. The molecule has 2 aromatic carbocycles. The van der Waals surface area contributed by atoms with Crippen LogP contribution in [0.5, 0.6) is 0 Å². The summed E-state index contributed by atoms with van der Waals surface area (Å²) in [5.41, 5.74) is 5.76. The highest BCUT2D eigenvalue weighted by molar-refractivity contribution is 9.10. The zero-order valence-electron chi connectivity index (χ0n) is 12.0. The van der Waals surface area contributed by atoms with E-state index in [0.717, 1.165) is 22.1 Å². The van der Waals surface area contributed by atoms with E-state index in [9.17, 15) is 4.79 Å². The molecule has 2 aromatic rings. The van der Waals surface area contributed by atoms with Gasteiger partial charge in [-0.2, -0.15) is 0 Å². The second kappa shape index (κ2) is 6.23. The van der Waals surface area contributed by atoms with Crippen molar-refractivity contribution in [1.82, 2.24) is 0 Å². The van der Waals surface area contributed by atoms with Crippen molar-refractivity contribution in [3.05, 3.63) is 63.1 Å². The van der Waals surface area contributed by atoms with Crippen LogP contribution in [-0.2, 0) is 11.2 Å². The monoisotopic (exact) mass is 331 g/mol. The van der Waals surface area contributed by atoms with E-state index in [2.05, 4.69) is 58.5 Å². The lowest BCUT2D eigenvalue weighted by Crippen LogP contribution is -2.08. The number of carbonyl (C=O) groups excluding carboxylic acids is 1. The normalized spacial score (nSPS) is 10.4. The van der Waals surface area contributed by atoms with Gasteiger partial charge in [-0.25, -0.2) is 0 Å². The molecule has 20 heavy (non-hydrogen) atoms. The van der Waals surface area contributed by atoms with Crippen molar-refractivity contribution in [3.63, 3.8) is 0 Å². The van der Waals surface area contributed by atoms with Crippen molar-refractivity contribution in [1.29, 1.82) is 0 Å². The minimum atomic E-state index is -0.0341. The predicted molar refractivity (Wildman–Crippen MR) is 87.2 cm³/mol. The van der Waals surface area contributed by atoms with Crippen LogP contribution in [-0.4, -0.2) is 5.91 Å². The smallest absolute Gasteiger partial charge is 0.221 e. The Bertz CT molecular complexity index is 632. The van der Waals surface area contributed by atoms with Crippen molar-refractivity contribution in [2.45, 2.75) is 27.2 Å². The van der Waals surface area contributed by atoms with Gasteiger partial charge in [0.25, 0.3) is 0 Å². The van der Waals surface area contributed by atoms with E-state index < -0.39 is 0 Å². The van der Waals surface area contributed by atoms with E-state index >= 15 is 0 Å². The van der Waals surface area contributed by atoms with Gasteiger partial charge in [-0.05, 0) is 60.7 Å². The number of aryl methyl sites for hydroxylation is 2. The number of anilines is 1. The fraction of sp³-hybridized carbons (Fsp3) is 0.235. The Balaban J connectivity index is 2.26. The Hall–Kier alpha value is -1.61. The summed E-state index contributed by atoms with van der Waals surface area (Å²) in [4.78, 5) is 11.2. The Morgan fingerprint density at radius 3 is 2.35 bits per heavy atom. The fourth-order valence-electron chi connectivity index (χ4n) is 2.21. The molecule has 0 aliphatic carbocycles. The third-order valence-electron chi connectivity index (χ3n) is 3.30. The summed E-state index contributed by atoms with van der Waals surface area (Å²) in [6, 6.07) is 12.6. The molecule has 0 unspecified atom stereocenters. The van der Waals surface area contributed by atoms with Crippen LogP contribution in [0.3, 0.4) is 0 Å². The first-order chi connectivity index (χ1) is 9.45. The van der Waals surface area contributed by atoms with Crippen LogP contribution in [0.2, 0.25) is 0 Å². The summed E-state index contributed by atoms with van der Waals surface area (Å²) in [6.45, 7) is 5.64. The lowest BCUT2D eigenvalue weighted by Gasteiger charge is -2.13. The maximum atomic E-state index is 11.2. The molecule has 104 valence electrons. The van der Waals surface area contributed by atoms with Crippen molar-refractivity contribution < 1.29 is 4.79 Å². The summed E-state index contributed by atoms with van der Waals surface area (Å²) in [6.07, 6.45) is 0.903. The molecule has 3 heteroatoms. The zero-order valence-corrected chi connectivity index (χ0v) is 13.5. The Morgan fingerprint density at radius 2 is 1.75 bits per heavy atom. The van der Waals surface area contributed by atoms with Crippen molar-refractivity contribution in [2.75, 3.05) is 5.32 Å². The van der Waals surface area contributed by atoms with E-state index in [4.69, 9.17) is 0 Å². The van der Waals surface area contributed by atoms with Crippen LogP contribution in [0.1, 0.15) is 29.2 Å². The topological polar surface area (TPSA) is 29.1 Å². The standard InChI is InChI=1S/C17H18BrNO/c1-11-9-17(19-13(3)20)12(2)8-15(11)10-14-4-6-16(18)7-5-14/h4-9H,10H2,1-3H3,(H,19,20). The van der Waals surface area contributed by atoms with Gasteiger partial charge in [0.1, 0.15) is 0 Å². The molecule has 0 bridgehead atoms. The van der Waals surface area contributed by atoms with Crippen molar-refractivity contribution in [2.24, 2.45) is 0 Å². The molecule has 0 saturated heterocycles. The van der Waals surface area contributed by atoms with Gasteiger partial charge in [-0.15, -0.1) is 0 Å². The molecule has 0 aliphatic heterocycles. The van der Waals surface area contributed by atoms with Gasteiger partial charge in [-0.3, -0.25) is 4.79 Å². The zero-order chi connectivity index (χ0) is 14.7. The van der Waals surface area contributed by atoms with Crippen LogP contribution in [0, 0.1) is 13.8 Å². The van der Waals surface area contributed by atoms with Gasteiger partial charge in [0.05, 0.1) is 0 Å². The highest BCUT2D eigenvalue weighted by Crippen LogP contribution is 2.23. The number of hydrogen-bond acceptors (Lipinski definition) is 1. The number of amides is 1. The number of carbonyl (C=O) groups is 1. The lowest BCUT2D eigenvalue weighted by atomic mass is 9.97. The molecular weight excluding hydrogens is 314 g/mol. The molecule has 0 atom stereocenters. The molecule has 0 spiro atoms. The molecule has 0 radical (unpaired) electrons. The molecular formula is C17H18BrNO. The molecule has 2 nitrogen and oxygen atoms in total. The number of halogens is 1. The number of nitrogens with one attached hydrogen (secondary N) is 1. The highest BCUT2D eigenvalue weighted by atomic mass is 79.9. The second-order valence-electron chi connectivity index (χ2n) is 5.08. The average molecular weight is 332 g/mol. The van der Waals surface area contributed by atoms with E-state index in [1.165, 1.54) is 23.6 Å². The van der Waals surface area contributed by atoms with Crippen LogP contribution >= 0.6 is 15.9 Å². The van der Waals surface area contributed by atoms with E-state index in [0.29, 0.717) is 0 Å². The summed E-state index contributed by atoms with van der Waals surface area (Å²) in [7, 11) is 0. The number of hydrogen-bond donors (Lipinski definition) is 1. The summed E-state index contributed by atoms with van der Waals surface area (Å²) >= 11 is 3.45. The second-order valence-corrected chi connectivity index (χ2v) is 5.99. The maximum absolute atomic E-state index is 11.2. The fourth-order valence-corrected chi connectivity index (χ4v) is 2.48. The van der Waals surface area contributed by atoms with Crippen molar-refractivity contribution in [3.8, 4) is 0 Å². The molecule has 2 rings (SSSR count). The molecule has 0 fully saturated rings. The lowest BCUT2D eigenvalue weighted by molar-refractivity contribution is -0.114. The summed E-state index contributed by atoms with van der Waals surface area (Å²) in [5.74, 6) is -0.0341. The van der Waals surface area contributed by atoms with E-state index in [1.54, 1.807) is 0 Å². The van der Waals surface area contributed by atoms with Crippen LogP contribution in [0.15, 0.2) is 40.9 Å². The molecule has 1 N–H and O–H groups in total. The first-order valence-corrected chi connectivity index (χ1v) is 7.37. The van der Waals surface area contributed by atoms with Gasteiger partial charge in [-0.1, -0.05) is 34.1 Å². The Labute approximate surface area is 128 Å². The minimum Gasteiger partial charge on any atom is -0.326 e. The highest BCUT2D eigenvalue weighted by Gasteiger charge is 2.06. The first kappa shape index (κ1) is 14.8. The van der Waals surface area contributed by atoms with Gasteiger partial charge >= 0.3 is 0 Å². The summed E-state index contributed by atoms with van der Waals surface area (Å²) < 4.78 is 1.09. The van der Waals surface area contributed by atoms with Crippen LogP contribution in [0.25, 0.3) is 0 Å². The summed E-state index contributed by atoms with van der Waals surface area (Å²) in [5, 5.41) is 2.87. The molecule has 1 amide bonds. The largest absolute Gasteiger partial charge is 0.326 e. The minimum absolute atomic E-state index is 0.0341. The third-order valence-corrected chi connectivity index (χ3v) is 3.83. The van der Waals surface area contributed by atoms with Gasteiger partial charge in [0.15, 0.2) is 0 Å². The first-order valence-electron chi connectivity index (χ1n) is 6.58. The molecule has 0 heterocycles. The van der Waals surface area contributed by atoms with E-state index in [1.807, 2.05) is 13.0 Å². The maximum Gasteiger partial charge on any atom is 0.221 e. The molecule has 0 saturated carbocycles. The van der Waals surface area contributed by atoms with Gasteiger partial charge in [0.2, 0.25) is 5.91 Å². The predicted octanol–water partition coefficient (Wildman–Crippen LogP) is 4.62. The molecule has 0 aliphatic rings. The van der Waals surface area contributed by atoms with Crippen molar-refractivity contribution >= 4 is 27.5 Å². The van der Waals surface area contributed by atoms with E-state index in [-0.39, 0.29) is 5.91 Å². The van der Waals surface area contributed by atoms with Crippen LogP contribution in [0.4, 0.5) is 5.69 Å². The SMILES string of the molecule is CC(=O)Nc1cc(C)c(Cc2ccc(Br)cc2)cc1C. The Kier molecular flexibility index (Phi) is 4.61. The Morgan fingerprint density at radius 1 is 1.10 bits per heavy atom. The average Bonchev–Trinajstić information content (AvgIpc) is 2.37. The quantitative estimate of drug-likeness (QED) is 0.873. The number of rotatable bonds is 3. The third kappa shape index (κ3) is 3.70. The number of benzene rings is 2.